The maximum absolute atomic E-state index is 6.51. The predicted molar refractivity (Wildman–Crippen MR) is 95.6 cm³/mol. The molecule has 1 heteroatoms. The summed E-state index contributed by atoms with van der Waals surface area (Å²) in [7, 11) is 0. The van der Waals surface area contributed by atoms with Crippen LogP contribution in [0, 0.1) is 11.8 Å². The van der Waals surface area contributed by atoms with Gasteiger partial charge in [-0.3, -0.25) is 0 Å². The van der Waals surface area contributed by atoms with Crippen molar-refractivity contribution in [3.63, 3.8) is 0 Å². The van der Waals surface area contributed by atoms with Crippen molar-refractivity contribution in [2.75, 3.05) is 0 Å². The molecule has 1 saturated carbocycles. The zero-order valence-corrected chi connectivity index (χ0v) is 14.9. The molecule has 126 valence electrons. The zero-order chi connectivity index (χ0) is 15.3. The second-order valence-corrected chi connectivity index (χ2v) is 7.40. The lowest BCUT2D eigenvalue weighted by Gasteiger charge is -2.35. The van der Waals surface area contributed by atoms with Gasteiger partial charge in [0.15, 0.2) is 0 Å². The van der Waals surface area contributed by atoms with Crippen LogP contribution in [0.15, 0.2) is 0 Å². The molecule has 0 heterocycles. The Bertz CT molecular complexity index is 226. The lowest BCUT2D eigenvalue weighted by Crippen LogP contribution is -2.36. The van der Waals surface area contributed by atoms with Gasteiger partial charge in [0.1, 0.15) is 0 Å². The minimum absolute atomic E-state index is 0.486. The van der Waals surface area contributed by atoms with Crippen molar-refractivity contribution in [1.82, 2.24) is 0 Å². The highest BCUT2D eigenvalue weighted by Crippen LogP contribution is 2.35. The Morgan fingerprint density at radius 1 is 0.810 bits per heavy atom. The third-order valence-electron chi connectivity index (χ3n) is 5.68. The topological polar surface area (TPSA) is 26.0 Å². The monoisotopic (exact) mass is 295 g/mol. The van der Waals surface area contributed by atoms with Crippen LogP contribution in [0.2, 0.25) is 0 Å². The average molecular weight is 296 g/mol. The summed E-state index contributed by atoms with van der Waals surface area (Å²) in [5, 5.41) is 0. The van der Waals surface area contributed by atoms with E-state index in [4.69, 9.17) is 5.73 Å². The van der Waals surface area contributed by atoms with Crippen molar-refractivity contribution in [3.8, 4) is 0 Å². The van der Waals surface area contributed by atoms with Crippen LogP contribution in [-0.2, 0) is 0 Å². The second-order valence-electron chi connectivity index (χ2n) is 7.40. The molecule has 1 aliphatic rings. The molecule has 0 radical (unpaired) electrons. The van der Waals surface area contributed by atoms with Crippen LogP contribution in [0.1, 0.15) is 110 Å². The van der Waals surface area contributed by atoms with E-state index in [1.54, 1.807) is 0 Å². The summed E-state index contributed by atoms with van der Waals surface area (Å²) < 4.78 is 0. The summed E-state index contributed by atoms with van der Waals surface area (Å²) >= 11 is 0. The molecule has 0 aromatic carbocycles. The molecule has 21 heavy (non-hydrogen) atoms. The molecule has 1 nitrogen and oxygen atoms in total. The smallest absolute Gasteiger partial charge is 0.00698 e. The van der Waals surface area contributed by atoms with Gasteiger partial charge in [0.2, 0.25) is 0 Å². The number of nitrogens with two attached hydrogens (primary N) is 1. The summed E-state index contributed by atoms with van der Waals surface area (Å²) in [6.07, 6.45) is 21.1. The lowest BCUT2D eigenvalue weighted by atomic mass is 9.73. The molecule has 1 rings (SSSR count). The van der Waals surface area contributed by atoms with Crippen LogP contribution >= 0.6 is 0 Å². The van der Waals surface area contributed by atoms with Crippen molar-refractivity contribution in [2.45, 2.75) is 116 Å². The minimum atomic E-state index is 0.486. The molecule has 3 atom stereocenters. The Kier molecular flexibility index (Phi) is 11.3. The van der Waals surface area contributed by atoms with Gasteiger partial charge in [-0.2, -0.15) is 0 Å². The Balaban J connectivity index is 1.98. The average Bonchev–Trinajstić information content (AvgIpc) is 2.53. The van der Waals surface area contributed by atoms with Crippen molar-refractivity contribution in [3.05, 3.63) is 0 Å². The molecule has 0 spiro atoms. The molecular weight excluding hydrogens is 254 g/mol. The molecule has 0 bridgehead atoms. The first-order chi connectivity index (χ1) is 10.3. The van der Waals surface area contributed by atoms with Crippen LogP contribution in [0.25, 0.3) is 0 Å². The van der Waals surface area contributed by atoms with E-state index in [1.807, 2.05) is 0 Å². The number of hydrogen-bond acceptors (Lipinski definition) is 1. The van der Waals surface area contributed by atoms with E-state index in [-0.39, 0.29) is 0 Å². The first kappa shape index (κ1) is 19.0. The summed E-state index contributed by atoms with van der Waals surface area (Å²) in [6, 6.07) is 0.486. The molecule has 0 aromatic heterocycles. The van der Waals surface area contributed by atoms with E-state index in [9.17, 15) is 0 Å². The largest absolute Gasteiger partial charge is 0.327 e. The maximum atomic E-state index is 6.51. The van der Waals surface area contributed by atoms with E-state index in [2.05, 4.69) is 13.8 Å². The van der Waals surface area contributed by atoms with Crippen LogP contribution in [0.4, 0.5) is 0 Å². The van der Waals surface area contributed by atoms with E-state index in [0.29, 0.717) is 6.04 Å². The van der Waals surface area contributed by atoms with Crippen LogP contribution < -0.4 is 5.73 Å². The van der Waals surface area contributed by atoms with Crippen LogP contribution in [0.3, 0.4) is 0 Å². The van der Waals surface area contributed by atoms with Crippen molar-refractivity contribution >= 4 is 0 Å². The van der Waals surface area contributed by atoms with Crippen molar-refractivity contribution in [2.24, 2.45) is 17.6 Å². The Morgan fingerprint density at radius 2 is 1.38 bits per heavy atom. The third kappa shape index (κ3) is 8.24. The summed E-state index contributed by atoms with van der Waals surface area (Å²) in [6.45, 7) is 4.65. The molecule has 0 saturated heterocycles. The Labute approximate surface area is 134 Å². The van der Waals surface area contributed by atoms with E-state index in [0.717, 1.165) is 11.8 Å². The first-order valence-corrected chi connectivity index (χ1v) is 10.0. The molecule has 3 unspecified atom stereocenters. The highest BCUT2D eigenvalue weighted by Gasteiger charge is 2.28. The standard InChI is InChI=1S/C20H41N/c1-3-5-6-7-8-9-10-11-12-17-20(21)19-16-14-13-15-18(19)4-2/h18-20H,3-17,21H2,1-2H3. The van der Waals surface area contributed by atoms with Gasteiger partial charge < -0.3 is 5.73 Å². The Morgan fingerprint density at radius 3 is 2.00 bits per heavy atom. The van der Waals surface area contributed by atoms with E-state index >= 15 is 0 Å². The fourth-order valence-corrected chi connectivity index (χ4v) is 4.21. The highest BCUT2D eigenvalue weighted by atomic mass is 14.7. The van der Waals surface area contributed by atoms with Gasteiger partial charge in [0.05, 0.1) is 0 Å². The molecular formula is C20H41N. The zero-order valence-electron chi connectivity index (χ0n) is 14.9. The minimum Gasteiger partial charge on any atom is -0.327 e. The Hall–Kier alpha value is -0.0400. The second kappa shape index (κ2) is 12.5. The number of rotatable bonds is 12. The van der Waals surface area contributed by atoms with E-state index in [1.165, 1.54) is 96.3 Å². The molecule has 2 N–H and O–H groups in total. The van der Waals surface area contributed by atoms with Crippen molar-refractivity contribution < 1.29 is 0 Å². The van der Waals surface area contributed by atoms with Crippen molar-refractivity contribution in [1.29, 1.82) is 0 Å². The summed E-state index contributed by atoms with van der Waals surface area (Å²) in [4.78, 5) is 0. The first-order valence-electron chi connectivity index (χ1n) is 10.0. The van der Waals surface area contributed by atoms with Gasteiger partial charge in [0, 0.05) is 6.04 Å². The number of unbranched alkanes of at least 4 members (excludes halogenated alkanes) is 8. The fraction of sp³-hybridized carbons (Fsp3) is 1.00. The van der Waals surface area contributed by atoms with Gasteiger partial charge in [-0.25, -0.2) is 0 Å². The molecule has 1 fully saturated rings. The SMILES string of the molecule is CCCCCCCCCCCC(N)C1CCCCC1CC. The third-order valence-corrected chi connectivity index (χ3v) is 5.68. The molecule has 0 amide bonds. The maximum Gasteiger partial charge on any atom is 0.00698 e. The summed E-state index contributed by atoms with van der Waals surface area (Å²) in [5.74, 6) is 1.75. The number of hydrogen-bond donors (Lipinski definition) is 1. The molecule has 0 aromatic rings. The molecule has 1 aliphatic carbocycles. The van der Waals surface area contributed by atoms with Gasteiger partial charge in [0.25, 0.3) is 0 Å². The van der Waals surface area contributed by atoms with Gasteiger partial charge in [-0.1, -0.05) is 97.3 Å². The lowest BCUT2D eigenvalue weighted by molar-refractivity contribution is 0.188. The van der Waals surface area contributed by atoms with Gasteiger partial charge >= 0.3 is 0 Å². The predicted octanol–water partition coefficient (Wildman–Crippen LogP) is 6.45. The van der Waals surface area contributed by atoms with Crippen LogP contribution in [0.5, 0.6) is 0 Å². The van der Waals surface area contributed by atoms with Crippen LogP contribution in [-0.4, -0.2) is 6.04 Å². The van der Waals surface area contributed by atoms with Gasteiger partial charge in [-0.15, -0.1) is 0 Å². The van der Waals surface area contributed by atoms with Gasteiger partial charge in [-0.05, 0) is 24.7 Å². The quantitative estimate of drug-likeness (QED) is 0.411. The highest BCUT2D eigenvalue weighted by molar-refractivity contribution is 4.82. The molecule has 0 aliphatic heterocycles. The van der Waals surface area contributed by atoms with E-state index < -0.39 is 0 Å². The fourth-order valence-electron chi connectivity index (χ4n) is 4.21. The normalized spacial score (nSPS) is 24.1. The summed E-state index contributed by atoms with van der Waals surface area (Å²) in [5.41, 5.74) is 6.51.